The van der Waals surface area contributed by atoms with E-state index in [0.717, 1.165) is 16.7 Å². The average Bonchev–Trinajstić information content (AvgIpc) is 2.46. The van der Waals surface area contributed by atoms with Crippen LogP contribution in [0, 0.1) is 6.92 Å². The smallest absolute Gasteiger partial charge is 0.142 e. The maximum atomic E-state index is 5.23. The van der Waals surface area contributed by atoms with Gasteiger partial charge in [-0.05, 0) is 24.1 Å². The number of benzene rings is 2. The first kappa shape index (κ1) is 13.1. The van der Waals surface area contributed by atoms with Gasteiger partial charge < -0.3 is 4.84 Å². The van der Waals surface area contributed by atoms with E-state index in [9.17, 15) is 0 Å². The molecule has 0 saturated heterocycles. The zero-order valence-electron chi connectivity index (χ0n) is 11.0. The molecule has 0 heterocycles. The highest BCUT2D eigenvalue weighted by Crippen LogP contribution is 2.08. The van der Waals surface area contributed by atoms with Crippen LogP contribution < -0.4 is 0 Å². The molecule has 0 unspecified atom stereocenters. The molecule has 2 aromatic carbocycles. The predicted molar refractivity (Wildman–Crippen MR) is 79.0 cm³/mol. The minimum atomic E-state index is 0.431. The van der Waals surface area contributed by atoms with E-state index in [1.54, 1.807) is 0 Å². The Labute approximate surface area is 114 Å². The van der Waals surface area contributed by atoms with Crippen LogP contribution in [-0.2, 0) is 11.4 Å². The molecule has 0 N–H and O–H groups in total. The van der Waals surface area contributed by atoms with Gasteiger partial charge in [0.1, 0.15) is 12.8 Å². The third kappa shape index (κ3) is 4.11. The third-order valence-corrected chi connectivity index (χ3v) is 2.71. The summed E-state index contributed by atoms with van der Waals surface area (Å²) in [5.74, 6) is 0. The lowest BCUT2D eigenvalue weighted by Crippen LogP contribution is -1.89. The summed E-state index contributed by atoms with van der Waals surface area (Å²) in [6.07, 6.45) is 4.66. The van der Waals surface area contributed by atoms with Crippen molar-refractivity contribution in [2.75, 3.05) is 0 Å². The van der Waals surface area contributed by atoms with Gasteiger partial charge in [-0.1, -0.05) is 65.8 Å². The van der Waals surface area contributed by atoms with Gasteiger partial charge in [0.25, 0.3) is 0 Å². The molecule has 0 bridgehead atoms. The quantitative estimate of drug-likeness (QED) is 0.579. The number of rotatable bonds is 5. The van der Waals surface area contributed by atoms with Gasteiger partial charge >= 0.3 is 0 Å². The van der Waals surface area contributed by atoms with Crippen molar-refractivity contribution < 1.29 is 4.84 Å². The Hall–Kier alpha value is -2.35. The van der Waals surface area contributed by atoms with Gasteiger partial charge in [0.05, 0.1) is 0 Å². The zero-order chi connectivity index (χ0) is 13.5. The van der Waals surface area contributed by atoms with Crippen molar-refractivity contribution in [2.24, 2.45) is 5.16 Å². The molecule has 2 rings (SSSR count). The number of nitrogens with zero attached hydrogens (tertiary/aromatic N) is 1. The molecular formula is C17H16NO. The third-order valence-electron chi connectivity index (χ3n) is 2.71. The van der Waals surface area contributed by atoms with Crippen molar-refractivity contribution in [3.8, 4) is 0 Å². The molecule has 0 amide bonds. The van der Waals surface area contributed by atoms with Crippen LogP contribution in [0.5, 0.6) is 0 Å². The van der Waals surface area contributed by atoms with Crippen molar-refractivity contribution >= 4 is 12.3 Å². The lowest BCUT2D eigenvalue weighted by molar-refractivity contribution is 0.132. The molecule has 0 aliphatic carbocycles. The Morgan fingerprint density at radius 1 is 1.21 bits per heavy atom. The SMILES string of the molecule is C=Cc1cccc(CO/N=[C]\c2ccc(C)cc2)c1. The molecule has 0 aromatic heterocycles. The highest BCUT2D eigenvalue weighted by molar-refractivity contribution is 5.79. The van der Waals surface area contributed by atoms with Gasteiger partial charge in [-0.2, -0.15) is 0 Å². The predicted octanol–water partition coefficient (Wildman–Crippen LogP) is 4.07. The molecule has 2 nitrogen and oxygen atoms in total. The summed E-state index contributed by atoms with van der Waals surface area (Å²) in [4.78, 5) is 5.23. The van der Waals surface area contributed by atoms with E-state index >= 15 is 0 Å². The lowest BCUT2D eigenvalue weighted by atomic mass is 10.1. The summed E-state index contributed by atoms with van der Waals surface area (Å²) in [5, 5.41) is 3.85. The molecule has 0 aliphatic heterocycles. The second kappa shape index (κ2) is 6.55. The van der Waals surface area contributed by atoms with Crippen molar-refractivity contribution in [2.45, 2.75) is 13.5 Å². The molecule has 1 radical (unpaired) electrons. The number of hydrogen-bond donors (Lipinski definition) is 0. The average molecular weight is 250 g/mol. The Balaban J connectivity index is 1.89. The largest absolute Gasteiger partial charge is 0.390 e. The molecule has 0 fully saturated rings. The molecule has 0 aliphatic rings. The first-order valence-electron chi connectivity index (χ1n) is 6.14. The molecule has 0 spiro atoms. The fourth-order valence-electron chi connectivity index (χ4n) is 1.63. The van der Waals surface area contributed by atoms with E-state index in [-0.39, 0.29) is 0 Å². The van der Waals surface area contributed by atoms with Crippen LogP contribution in [0.3, 0.4) is 0 Å². The van der Waals surface area contributed by atoms with Crippen LogP contribution >= 0.6 is 0 Å². The van der Waals surface area contributed by atoms with Crippen LogP contribution in [0.1, 0.15) is 22.3 Å². The minimum Gasteiger partial charge on any atom is -0.390 e. The van der Waals surface area contributed by atoms with Crippen LogP contribution in [-0.4, -0.2) is 6.21 Å². The molecule has 2 heteroatoms. The number of aryl methyl sites for hydroxylation is 1. The van der Waals surface area contributed by atoms with E-state index in [1.165, 1.54) is 5.56 Å². The molecule has 0 saturated carbocycles. The van der Waals surface area contributed by atoms with Gasteiger partial charge in [-0.3, -0.25) is 0 Å². The number of hydrogen-bond acceptors (Lipinski definition) is 2. The second-order valence-electron chi connectivity index (χ2n) is 4.29. The van der Waals surface area contributed by atoms with Gasteiger partial charge in [0.15, 0.2) is 0 Å². The van der Waals surface area contributed by atoms with E-state index < -0.39 is 0 Å². The summed E-state index contributed by atoms with van der Waals surface area (Å²) in [6.45, 7) is 6.22. The molecule has 95 valence electrons. The zero-order valence-corrected chi connectivity index (χ0v) is 11.0. The minimum absolute atomic E-state index is 0.431. The van der Waals surface area contributed by atoms with E-state index in [1.807, 2.05) is 61.5 Å². The van der Waals surface area contributed by atoms with E-state index in [0.29, 0.717) is 6.61 Å². The van der Waals surface area contributed by atoms with E-state index in [2.05, 4.69) is 17.9 Å². The fraction of sp³-hybridized carbons (Fsp3) is 0.118. The summed E-state index contributed by atoms with van der Waals surface area (Å²) in [6, 6.07) is 15.9. The highest BCUT2D eigenvalue weighted by Gasteiger charge is 1.94. The maximum absolute atomic E-state index is 5.23. The highest BCUT2D eigenvalue weighted by atomic mass is 16.6. The van der Waals surface area contributed by atoms with Crippen LogP contribution in [0.25, 0.3) is 6.08 Å². The molecular weight excluding hydrogens is 234 g/mol. The normalized spacial score (nSPS) is 10.6. The monoisotopic (exact) mass is 250 g/mol. The van der Waals surface area contributed by atoms with E-state index in [4.69, 9.17) is 4.84 Å². The fourth-order valence-corrected chi connectivity index (χ4v) is 1.63. The van der Waals surface area contributed by atoms with Crippen LogP contribution in [0.2, 0.25) is 0 Å². The van der Waals surface area contributed by atoms with Crippen molar-refractivity contribution in [3.63, 3.8) is 0 Å². The van der Waals surface area contributed by atoms with Gasteiger partial charge in [-0.15, -0.1) is 0 Å². The Morgan fingerprint density at radius 3 is 2.74 bits per heavy atom. The van der Waals surface area contributed by atoms with Crippen LogP contribution in [0.15, 0.2) is 60.3 Å². The van der Waals surface area contributed by atoms with Gasteiger partial charge in [0.2, 0.25) is 0 Å². The summed E-state index contributed by atoms with van der Waals surface area (Å²) >= 11 is 0. The molecule has 2 aromatic rings. The first-order valence-corrected chi connectivity index (χ1v) is 6.14. The van der Waals surface area contributed by atoms with Gasteiger partial charge in [-0.25, -0.2) is 0 Å². The maximum Gasteiger partial charge on any atom is 0.142 e. The summed E-state index contributed by atoms with van der Waals surface area (Å²) in [5.41, 5.74) is 4.26. The molecule has 19 heavy (non-hydrogen) atoms. The summed E-state index contributed by atoms with van der Waals surface area (Å²) < 4.78 is 0. The lowest BCUT2D eigenvalue weighted by Gasteiger charge is -2.01. The van der Waals surface area contributed by atoms with Gasteiger partial charge in [0, 0.05) is 5.56 Å². The first-order chi connectivity index (χ1) is 9.28. The van der Waals surface area contributed by atoms with Crippen LogP contribution in [0.4, 0.5) is 0 Å². The van der Waals surface area contributed by atoms with Crippen molar-refractivity contribution in [1.82, 2.24) is 0 Å². The second-order valence-corrected chi connectivity index (χ2v) is 4.29. The molecule has 0 atom stereocenters. The summed E-state index contributed by atoms with van der Waals surface area (Å²) in [7, 11) is 0. The Kier molecular flexibility index (Phi) is 4.51. The Bertz CT molecular complexity index is 570. The Morgan fingerprint density at radius 2 is 2.00 bits per heavy atom. The van der Waals surface area contributed by atoms with Crippen molar-refractivity contribution in [1.29, 1.82) is 0 Å². The standard InChI is InChI=1S/C17H16NO/c1-3-15-5-4-6-17(11-15)13-19-18-12-16-9-7-14(2)8-10-16/h3-11H,1,13H2,2H3. The topological polar surface area (TPSA) is 21.6 Å². The van der Waals surface area contributed by atoms with Crippen molar-refractivity contribution in [3.05, 3.63) is 77.4 Å².